The molecule has 32 heavy (non-hydrogen) atoms. The Morgan fingerprint density at radius 3 is 2.69 bits per heavy atom. The number of aryl methyl sites for hydroxylation is 2. The normalized spacial score (nSPS) is 31.5. The molecule has 2 fully saturated rings. The summed E-state index contributed by atoms with van der Waals surface area (Å²) in [5.74, 6) is 1.11. The van der Waals surface area contributed by atoms with Crippen molar-refractivity contribution in [2.24, 2.45) is 23.7 Å². The summed E-state index contributed by atoms with van der Waals surface area (Å²) in [6.07, 6.45) is 0.641. The van der Waals surface area contributed by atoms with E-state index < -0.39 is 12.2 Å². The standard InChI is InChI=1S/C24H31N3O4.ClH/c1-14-21(16-11-25-12-17(16)23(29)22(14)28)24(30)27-10-9-19-18(13-27)26-20(31-19)8-7-15-5-3-2-4-6-15;/h2-6,14,16-17,21-23,25,28-29H,7-13H2,1H3;1H/t14-,16+,17+,21+,22+,23+;/m1./s1. The summed E-state index contributed by atoms with van der Waals surface area (Å²) in [7, 11) is 0. The quantitative estimate of drug-likeness (QED) is 0.639. The third-order valence-electron chi connectivity index (χ3n) is 7.50. The zero-order valence-electron chi connectivity index (χ0n) is 18.3. The van der Waals surface area contributed by atoms with Crippen molar-refractivity contribution < 1.29 is 19.4 Å². The molecule has 3 aliphatic rings. The molecule has 1 saturated carbocycles. The van der Waals surface area contributed by atoms with Gasteiger partial charge in [0.2, 0.25) is 5.91 Å². The minimum atomic E-state index is -0.868. The van der Waals surface area contributed by atoms with Crippen LogP contribution in [0.15, 0.2) is 34.7 Å². The molecule has 1 aliphatic carbocycles. The molecular formula is C24H32ClN3O4. The first-order valence-electron chi connectivity index (χ1n) is 11.4. The lowest BCUT2D eigenvalue weighted by Crippen LogP contribution is -2.56. The number of nitrogens with one attached hydrogen (secondary N) is 1. The molecule has 2 aliphatic heterocycles. The molecule has 6 atom stereocenters. The number of benzene rings is 1. The lowest BCUT2D eigenvalue weighted by atomic mass is 9.65. The Bertz CT molecular complexity index is 937. The van der Waals surface area contributed by atoms with Gasteiger partial charge in [-0.1, -0.05) is 37.3 Å². The second-order valence-corrected chi connectivity index (χ2v) is 9.32. The largest absolute Gasteiger partial charge is 0.445 e. The molecule has 5 rings (SSSR count). The van der Waals surface area contributed by atoms with E-state index in [1.54, 1.807) is 0 Å². The molecule has 1 amide bonds. The van der Waals surface area contributed by atoms with Gasteiger partial charge in [-0.2, -0.15) is 0 Å². The average Bonchev–Trinajstić information content (AvgIpc) is 3.43. The lowest BCUT2D eigenvalue weighted by molar-refractivity contribution is -0.156. The molecule has 3 N–H and O–H groups in total. The number of amides is 1. The van der Waals surface area contributed by atoms with E-state index >= 15 is 0 Å². The van der Waals surface area contributed by atoms with Crippen LogP contribution in [0.1, 0.15) is 29.8 Å². The van der Waals surface area contributed by atoms with Gasteiger partial charge in [0.25, 0.3) is 0 Å². The highest BCUT2D eigenvalue weighted by molar-refractivity contribution is 5.85. The Balaban J connectivity index is 0.00000245. The van der Waals surface area contributed by atoms with E-state index in [0.29, 0.717) is 32.6 Å². The Hall–Kier alpha value is -1.93. The summed E-state index contributed by atoms with van der Waals surface area (Å²) in [5.41, 5.74) is 2.11. The summed E-state index contributed by atoms with van der Waals surface area (Å²) in [6.45, 7) is 4.30. The van der Waals surface area contributed by atoms with Crippen molar-refractivity contribution in [2.45, 2.75) is 44.9 Å². The van der Waals surface area contributed by atoms with Gasteiger partial charge < -0.3 is 24.8 Å². The van der Waals surface area contributed by atoms with E-state index in [2.05, 4.69) is 17.4 Å². The number of carbonyl (C=O) groups is 1. The van der Waals surface area contributed by atoms with Gasteiger partial charge >= 0.3 is 0 Å². The number of aliphatic hydroxyl groups excluding tert-OH is 2. The van der Waals surface area contributed by atoms with Gasteiger partial charge in [-0.05, 0) is 30.4 Å². The van der Waals surface area contributed by atoms with Crippen LogP contribution in [0.4, 0.5) is 0 Å². The van der Waals surface area contributed by atoms with E-state index in [1.807, 2.05) is 30.0 Å². The monoisotopic (exact) mass is 461 g/mol. The SMILES string of the molecule is C[C@H]1[C@H](O)[C@@H](O)[C@H]2CNC[C@@H]2[C@H]1C(=O)N1CCc2oc(CCc3ccccc3)nc2C1.Cl. The fourth-order valence-electron chi connectivity index (χ4n) is 5.72. The number of hydrogen-bond donors (Lipinski definition) is 3. The minimum Gasteiger partial charge on any atom is -0.445 e. The zero-order chi connectivity index (χ0) is 21.5. The molecule has 1 aromatic heterocycles. The smallest absolute Gasteiger partial charge is 0.226 e. The van der Waals surface area contributed by atoms with Crippen molar-refractivity contribution in [1.82, 2.24) is 15.2 Å². The summed E-state index contributed by atoms with van der Waals surface area (Å²) < 4.78 is 5.99. The van der Waals surface area contributed by atoms with Crippen molar-refractivity contribution in [3.05, 3.63) is 53.2 Å². The number of aromatic nitrogens is 1. The number of oxazole rings is 1. The molecule has 0 bridgehead atoms. The highest BCUT2D eigenvalue weighted by Gasteiger charge is 2.53. The summed E-state index contributed by atoms with van der Waals surface area (Å²) in [5, 5.41) is 24.3. The predicted molar refractivity (Wildman–Crippen MR) is 121 cm³/mol. The fraction of sp³-hybridized carbons (Fsp3) is 0.583. The number of carbonyl (C=O) groups excluding carboxylic acids is 1. The van der Waals surface area contributed by atoms with Crippen LogP contribution in [0, 0.1) is 23.7 Å². The van der Waals surface area contributed by atoms with Gasteiger partial charge in [0.05, 0.1) is 18.8 Å². The van der Waals surface area contributed by atoms with E-state index in [1.165, 1.54) is 5.56 Å². The number of hydrogen-bond acceptors (Lipinski definition) is 6. The van der Waals surface area contributed by atoms with Crippen LogP contribution in [0.25, 0.3) is 0 Å². The van der Waals surface area contributed by atoms with Crippen molar-refractivity contribution in [3.8, 4) is 0 Å². The molecule has 8 heteroatoms. The maximum Gasteiger partial charge on any atom is 0.226 e. The van der Waals surface area contributed by atoms with Gasteiger partial charge in [-0.15, -0.1) is 12.4 Å². The number of aliphatic hydroxyl groups is 2. The van der Waals surface area contributed by atoms with Crippen molar-refractivity contribution in [3.63, 3.8) is 0 Å². The van der Waals surface area contributed by atoms with Crippen molar-refractivity contribution in [1.29, 1.82) is 0 Å². The maximum atomic E-state index is 13.5. The molecular weight excluding hydrogens is 430 g/mol. The number of rotatable bonds is 4. The molecule has 2 aromatic rings. The molecule has 7 nitrogen and oxygen atoms in total. The van der Waals surface area contributed by atoms with Gasteiger partial charge in [0.1, 0.15) is 11.5 Å². The minimum absolute atomic E-state index is 0. The first-order chi connectivity index (χ1) is 15.0. The van der Waals surface area contributed by atoms with Crippen molar-refractivity contribution in [2.75, 3.05) is 19.6 Å². The number of fused-ring (bicyclic) bond motifs is 2. The molecule has 0 radical (unpaired) electrons. The predicted octanol–water partition coefficient (Wildman–Crippen LogP) is 1.59. The summed E-state index contributed by atoms with van der Waals surface area (Å²) in [6, 6.07) is 10.3. The molecule has 174 valence electrons. The summed E-state index contributed by atoms with van der Waals surface area (Å²) >= 11 is 0. The Labute approximate surface area is 194 Å². The van der Waals surface area contributed by atoms with Crippen LogP contribution < -0.4 is 5.32 Å². The number of nitrogens with zero attached hydrogens (tertiary/aromatic N) is 2. The van der Waals surface area contributed by atoms with E-state index in [-0.39, 0.29) is 42.0 Å². The second kappa shape index (κ2) is 9.51. The second-order valence-electron chi connectivity index (χ2n) is 9.32. The number of halogens is 1. The molecule has 0 unspecified atom stereocenters. The third kappa shape index (κ3) is 4.19. The highest BCUT2D eigenvalue weighted by atomic mass is 35.5. The topological polar surface area (TPSA) is 98.8 Å². The van der Waals surface area contributed by atoms with Crippen LogP contribution in [-0.4, -0.2) is 57.8 Å². The van der Waals surface area contributed by atoms with Crippen molar-refractivity contribution >= 4 is 18.3 Å². The zero-order valence-corrected chi connectivity index (χ0v) is 19.1. The molecule has 0 spiro atoms. The van der Waals surface area contributed by atoms with Crippen LogP contribution in [0.3, 0.4) is 0 Å². The molecule has 1 saturated heterocycles. The lowest BCUT2D eigenvalue weighted by Gasteiger charge is -2.45. The Morgan fingerprint density at radius 2 is 1.91 bits per heavy atom. The van der Waals surface area contributed by atoms with E-state index in [4.69, 9.17) is 9.40 Å². The van der Waals surface area contributed by atoms with E-state index in [0.717, 1.165) is 30.2 Å². The van der Waals surface area contributed by atoms with E-state index in [9.17, 15) is 15.0 Å². The average molecular weight is 462 g/mol. The first kappa shape index (κ1) is 23.2. The van der Waals surface area contributed by atoms with Gasteiger partial charge in [-0.25, -0.2) is 4.98 Å². The van der Waals surface area contributed by atoms with Crippen LogP contribution in [0.2, 0.25) is 0 Å². The Morgan fingerprint density at radius 1 is 1.16 bits per heavy atom. The Kier molecular flexibility index (Phi) is 6.91. The van der Waals surface area contributed by atoms with Crippen LogP contribution in [0.5, 0.6) is 0 Å². The maximum absolute atomic E-state index is 13.5. The molecule has 3 heterocycles. The highest BCUT2D eigenvalue weighted by Crippen LogP contribution is 2.42. The first-order valence-corrected chi connectivity index (χ1v) is 11.4. The third-order valence-corrected chi connectivity index (χ3v) is 7.50. The van der Waals surface area contributed by atoms with Crippen LogP contribution >= 0.6 is 12.4 Å². The van der Waals surface area contributed by atoms with Gasteiger partial charge in [0.15, 0.2) is 5.89 Å². The summed E-state index contributed by atoms with van der Waals surface area (Å²) in [4.78, 5) is 20.1. The van der Waals surface area contributed by atoms with Gasteiger partial charge in [-0.3, -0.25) is 4.79 Å². The van der Waals surface area contributed by atoms with Gasteiger partial charge in [0, 0.05) is 37.8 Å². The van der Waals surface area contributed by atoms with Crippen LogP contribution in [-0.2, 0) is 30.6 Å². The fourth-order valence-corrected chi connectivity index (χ4v) is 5.72. The molecule has 1 aromatic carbocycles.